The van der Waals surface area contributed by atoms with Gasteiger partial charge in [0.25, 0.3) is 5.91 Å². The van der Waals surface area contributed by atoms with Crippen LogP contribution in [0.25, 0.3) is 11.8 Å². The maximum atomic E-state index is 13.3. The third-order valence-corrected chi connectivity index (χ3v) is 4.23. The van der Waals surface area contributed by atoms with Gasteiger partial charge in [0.2, 0.25) is 0 Å². The number of likely N-dealkylation sites (N-methyl/N-ethyl adjacent to an activating group) is 1. The maximum absolute atomic E-state index is 13.3. The van der Waals surface area contributed by atoms with E-state index in [0.717, 1.165) is 5.56 Å². The van der Waals surface area contributed by atoms with Gasteiger partial charge in [-0.25, -0.2) is 9.18 Å². The van der Waals surface area contributed by atoms with E-state index in [-0.39, 0.29) is 18.1 Å². The van der Waals surface area contributed by atoms with Crippen molar-refractivity contribution < 1.29 is 18.7 Å². The summed E-state index contributed by atoms with van der Waals surface area (Å²) in [5.74, 6) is -1.17. The second kappa shape index (κ2) is 9.55. The average molecular weight is 409 g/mol. The summed E-state index contributed by atoms with van der Waals surface area (Å²) >= 11 is 0. The smallest absolute Gasteiger partial charge is 0.357 e. The van der Waals surface area contributed by atoms with E-state index in [2.05, 4.69) is 15.5 Å². The summed E-state index contributed by atoms with van der Waals surface area (Å²) in [5, 5.41) is 11.2. The Labute approximate surface area is 172 Å². The normalized spacial score (nSPS) is 11.2. The molecule has 0 N–H and O–H groups in total. The van der Waals surface area contributed by atoms with E-state index in [9.17, 15) is 14.0 Å². The molecule has 9 heteroatoms. The zero-order valence-corrected chi connectivity index (χ0v) is 16.5. The van der Waals surface area contributed by atoms with E-state index >= 15 is 0 Å². The molecule has 1 aromatic heterocycles. The standard InChI is InChI=1S/C21H20FN5O3/c1-15-23-24-25-27(15)19(12-16-7-4-3-5-8-16)21(29)30-14-20(28)26(2)13-17-9-6-10-18(22)11-17/h3-12H,13-14H2,1-2H3/b19-12-. The second-order valence-corrected chi connectivity index (χ2v) is 6.53. The van der Waals surface area contributed by atoms with Gasteiger partial charge < -0.3 is 9.64 Å². The second-order valence-electron chi connectivity index (χ2n) is 6.53. The van der Waals surface area contributed by atoms with Gasteiger partial charge >= 0.3 is 5.97 Å². The molecule has 0 radical (unpaired) electrons. The molecule has 0 saturated heterocycles. The highest BCUT2D eigenvalue weighted by molar-refractivity contribution is 6.15. The highest BCUT2D eigenvalue weighted by Crippen LogP contribution is 2.14. The fourth-order valence-electron chi connectivity index (χ4n) is 2.68. The van der Waals surface area contributed by atoms with Gasteiger partial charge in [-0.1, -0.05) is 42.5 Å². The molecule has 0 saturated carbocycles. The molecule has 3 rings (SSSR count). The Balaban J connectivity index is 1.69. The summed E-state index contributed by atoms with van der Waals surface area (Å²) in [7, 11) is 1.55. The molecule has 1 amide bonds. The number of aromatic nitrogens is 4. The van der Waals surface area contributed by atoms with Crippen molar-refractivity contribution in [2.75, 3.05) is 13.7 Å². The number of carbonyl (C=O) groups is 2. The van der Waals surface area contributed by atoms with Crippen molar-refractivity contribution in [3.8, 4) is 0 Å². The first-order valence-corrected chi connectivity index (χ1v) is 9.11. The number of benzene rings is 2. The number of rotatable bonds is 7. The number of tetrazole rings is 1. The van der Waals surface area contributed by atoms with Crippen LogP contribution in [0.3, 0.4) is 0 Å². The van der Waals surface area contributed by atoms with Crippen LogP contribution in [0, 0.1) is 12.7 Å². The number of hydrogen-bond donors (Lipinski definition) is 0. The first kappa shape index (κ1) is 20.8. The molecule has 1 heterocycles. The minimum Gasteiger partial charge on any atom is -0.451 e. The van der Waals surface area contributed by atoms with E-state index in [1.165, 1.54) is 21.7 Å². The molecule has 0 atom stereocenters. The molecule has 0 aliphatic carbocycles. The summed E-state index contributed by atoms with van der Waals surface area (Å²) < 4.78 is 19.8. The third-order valence-electron chi connectivity index (χ3n) is 4.23. The van der Waals surface area contributed by atoms with Crippen molar-refractivity contribution in [1.29, 1.82) is 0 Å². The van der Waals surface area contributed by atoms with E-state index < -0.39 is 18.5 Å². The third kappa shape index (κ3) is 5.34. The Kier molecular flexibility index (Phi) is 6.63. The van der Waals surface area contributed by atoms with E-state index in [1.54, 1.807) is 32.2 Å². The fraction of sp³-hybridized carbons (Fsp3) is 0.190. The Morgan fingerprint density at radius 1 is 1.17 bits per heavy atom. The predicted molar refractivity (Wildman–Crippen MR) is 107 cm³/mol. The zero-order chi connectivity index (χ0) is 21.5. The van der Waals surface area contributed by atoms with Gasteiger partial charge in [0, 0.05) is 13.6 Å². The van der Waals surface area contributed by atoms with Crippen molar-refractivity contribution >= 4 is 23.6 Å². The number of halogens is 1. The molecule has 0 spiro atoms. The number of ether oxygens (including phenoxy) is 1. The molecule has 8 nitrogen and oxygen atoms in total. The Morgan fingerprint density at radius 3 is 2.60 bits per heavy atom. The molecule has 0 unspecified atom stereocenters. The lowest BCUT2D eigenvalue weighted by Gasteiger charge is -2.17. The number of esters is 1. The molecular formula is C21H20FN5O3. The van der Waals surface area contributed by atoms with Crippen LogP contribution < -0.4 is 0 Å². The SMILES string of the molecule is Cc1nnnn1/C(=C\c1ccccc1)C(=O)OCC(=O)N(C)Cc1cccc(F)c1. The van der Waals surface area contributed by atoms with Crippen molar-refractivity contribution in [2.24, 2.45) is 0 Å². The van der Waals surface area contributed by atoms with Crippen molar-refractivity contribution in [1.82, 2.24) is 25.1 Å². The van der Waals surface area contributed by atoms with Crippen LogP contribution in [0.15, 0.2) is 54.6 Å². The number of hydrogen-bond acceptors (Lipinski definition) is 6. The van der Waals surface area contributed by atoms with E-state index in [4.69, 9.17) is 4.74 Å². The first-order chi connectivity index (χ1) is 14.4. The lowest BCUT2D eigenvalue weighted by Crippen LogP contribution is -2.31. The Morgan fingerprint density at radius 2 is 1.93 bits per heavy atom. The van der Waals surface area contributed by atoms with Crippen LogP contribution in [-0.4, -0.2) is 50.6 Å². The van der Waals surface area contributed by atoms with Crippen molar-refractivity contribution in [3.63, 3.8) is 0 Å². The number of amides is 1. The maximum Gasteiger partial charge on any atom is 0.357 e. The summed E-state index contributed by atoms with van der Waals surface area (Å²) in [6, 6.07) is 15.1. The van der Waals surface area contributed by atoms with Gasteiger partial charge in [0.1, 0.15) is 5.82 Å². The molecular weight excluding hydrogens is 389 g/mol. The van der Waals surface area contributed by atoms with Crippen LogP contribution in [0.5, 0.6) is 0 Å². The molecule has 0 aliphatic rings. The largest absolute Gasteiger partial charge is 0.451 e. The molecule has 0 fully saturated rings. The van der Waals surface area contributed by atoms with Crippen LogP contribution in [0.1, 0.15) is 17.0 Å². The summed E-state index contributed by atoms with van der Waals surface area (Å²) in [4.78, 5) is 26.4. The lowest BCUT2D eigenvalue weighted by atomic mass is 10.2. The average Bonchev–Trinajstić information content (AvgIpc) is 3.16. The summed E-state index contributed by atoms with van der Waals surface area (Å²) in [6.07, 6.45) is 1.58. The Bertz CT molecular complexity index is 1070. The molecule has 2 aromatic carbocycles. The van der Waals surface area contributed by atoms with Crippen LogP contribution >= 0.6 is 0 Å². The van der Waals surface area contributed by atoms with E-state index in [1.807, 2.05) is 30.3 Å². The van der Waals surface area contributed by atoms with Gasteiger partial charge in [-0.15, -0.1) is 5.10 Å². The van der Waals surface area contributed by atoms with Crippen molar-refractivity contribution in [3.05, 3.63) is 77.4 Å². The van der Waals surface area contributed by atoms with E-state index in [0.29, 0.717) is 11.4 Å². The highest BCUT2D eigenvalue weighted by atomic mass is 19.1. The molecule has 0 bridgehead atoms. The summed E-state index contributed by atoms with van der Waals surface area (Å²) in [6.45, 7) is 1.36. The van der Waals surface area contributed by atoms with Gasteiger partial charge in [-0.3, -0.25) is 4.79 Å². The van der Waals surface area contributed by atoms with Crippen LogP contribution in [-0.2, 0) is 20.9 Å². The molecule has 154 valence electrons. The van der Waals surface area contributed by atoms with Gasteiger partial charge in [-0.2, -0.15) is 4.68 Å². The number of aryl methyl sites for hydroxylation is 1. The molecule has 3 aromatic rings. The summed E-state index contributed by atoms with van der Waals surface area (Å²) in [5.41, 5.74) is 1.45. The molecule has 0 aliphatic heterocycles. The monoisotopic (exact) mass is 409 g/mol. The minimum atomic E-state index is -0.748. The highest BCUT2D eigenvalue weighted by Gasteiger charge is 2.20. The van der Waals surface area contributed by atoms with Crippen LogP contribution in [0.4, 0.5) is 4.39 Å². The zero-order valence-electron chi connectivity index (χ0n) is 16.5. The minimum absolute atomic E-state index is 0.0734. The lowest BCUT2D eigenvalue weighted by molar-refractivity contribution is -0.147. The molecule has 30 heavy (non-hydrogen) atoms. The van der Waals surface area contributed by atoms with Crippen molar-refractivity contribution in [2.45, 2.75) is 13.5 Å². The van der Waals surface area contributed by atoms with Gasteiger partial charge in [0.15, 0.2) is 18.1 Å². The fourth-order valence-corrected chi connectivity index (χ4v) is 2.68. The number of carbonyl (C=O) groups excluding carboxylic acids is 2. The Hall–Kier alpha value is -3.88. The topological polar surface area (TPSA) is 90.2 Å². The van der Waals surface area contributed by atoms with Gasteiger partial charge in [-0.05, 0) is 46.7 Å². The van der Waals surface area contributed by atoms with Crippen LogP contribution in [0.2, 0.25) is 0 Å². The van der Waals surface area contributed by atoms with Gasteiger partial charge in [0.05, 0.1) is 0 Å². The first-order valence-electron chi connectivity index (χ1n) is 9.11. The predicted octanol–water partition coefficient (Wildman–Crippen LogP) is 2.32. The quantitative estimate of drug-likeness (QED) is 0.439. The number of nitrogens with zero attached hydrogens (tertiary/aromatic N) is 5.